The lowest BCUT2D eigenvalue weighted by molar-refractivity contribution is -0.118. The normalized spacial score (nSPS) is 15.3. The van der Waals surface area contributed by atoms with Gasteiger partial charge in [-0.25, -0.2) is 0 Å². The van der Waals surface area contributed by atoms with Crippen LogP contribution in [-0.2, 0) is 4.79 Å². The largest absolute Gasteiger partial charge is 0.488 e. The van der Waals surface area contributed by atoms with Gasteiger partial charge in [0.25, 0.3) is 5.91 Å². The van der Waals surface area contributed by atoms with Crippen molar-refractivity contribution in [1.29, 1.82) is 0 Å². The summed E-state index contributed by atoms with van der Waals surface area (Å²) in [5.41, 5.74) is 1.48. The van der Waals surface area contributed by atoms with Gasteiger partial charge >= 0.3 is 0 Å². The Morgan fingerprint density at radius 2 is 2.11 bits per heavy atom. The standard InChI is InChI=1S/C15H18ClNO2/c1-9(2)10(3)17-15(18)12-6-11-7-13(16)4-5-14(11)19-8-12/h4-7,9-10H,8H2,1-3H3,(H,17,18). The molecule has 0 bridgehead atoms. The second-order valence-corrected chi connectivity index (χ2v) is 5.58. The van der Waals surface area contributed by atoms with Crippen LogP contribution in [0, 0.1) is 5.92 Å². The molecule has 1 atom stereocenters. The van der Waals surface area contributed by atoms with E-state index in [2.05, 4.69) is 19.2 Å². The molecular weight excluding hydrogens is 262 g/mol. The van der Waals surface area contributed by atoms with Gasteiger partial charge in [-0.15, -0.1) is 0 Å². The van der Waals surface area contributed by atoms with Gasteiger partial charge in [0.2, 0.25) is 0 Å². The first kappa shape index (κ1) is 13.9. The molecular formula is C15H18ClNO2. The van der Waals surface area contributed by atoms with E-state index in [1.54, 1.807) is 12.1 Å². The summed E-state index contributed by atoms with van der Waals surface area (Å²) in [6.07, 6.45) is 1.84. The van der Waals surface area contributed by atoms with Crippen LogP contribution in [0.2, 0.25) is 5.02 Å². The number of carbonyl (C=O) groups excluding carboxylic acids is 1. The number of halogens is 1. The molecule has 0 radical (unpaired) electrons. The van der Waals surface area contributed by atoms with Gasteiger partial charge < -0.3 is 10.1 Å². The molecule has 1 amide bonds. The van der Waals surface area contributed by atoms with Gasteiger partial charge in [-0.2, -0.15) is 0 Å². The molecule has 1 aliphatic heterocycles. The van der Waals surface area contributed by atoms with Gasteiger partial charge in [-0.05, 0) is 37.1 Å². The predicted octanol–water partition coefficient (Wildman–Crippen LogP) is 3.28. The molecule has 3 nitrogen and oxygen atoms in total. The van der Waals surface area contributed by atoms with E-state index in [9.17, 15) is 4.79 Å². The molecule has 2 rings (SSSR count). The first-order chi connectivity index (χ1) is 8.97. The Morgan fingerprint density at radius 1 is 1.37 bits per heavy atom. The number of nitrogens with one attached hydrogen (secondary N) is 1. The van der Waals surface area contributed by atoms with E-state index in [-0.39, 0.29) is 11.9 Å². The van der Waals surface area contributed by atoms with Crippen molar-refractivity contribution in [3.8, 4) is 5.75 Å². The highest BCUT2D eigenvalue weighted by Gasteiger charge is 2.19. The number of amides is 1. The van der Waals surface area contributed by atoms with Gasteiger partial charge in [-0.3, -0.25) is 4.79 Å². The molecule has 1 N–H and O–H groups in total. The molecule has 0 aromatic heterocycles. The Labute approximate surface area is 118 Å². The fourth-order valence-corrected chi connectivity index (χ4v) is 1.93. The zero-order valence-electron chi connectivity index (χ0n) is 11.4. The quantitative estimate of drug-likeness (QED) is 0.922. The van der Waals surface area contributed by atoms with Crippen molar-refractivity contribution in [3.63, 3.8) is 0 Å². The van der Waals surface area contributed by atoms with Crippen LogP contribution in [0.4, 0.5) is 0 Å². The molecule has 0 saturated heterocycles. The third-order valence-corrected chi connectivity index (χ3v) is 3.57. The molecule has 1 aromatic rings. The lowest BCUT2D eigenvalue weighted by Crippen LogP contribution is -2.38. The third kappa shape index (κ3) is 3.29. The fraction of sp³-hybridized carbons (Fsp3) is 0.400. The Kier molecular flexibility index (Phi) is 4.15. The molecule has 0 saturated carbocycles. The van der Waals surface area contributed by atoms with Crippen molar-refractivity contribution in [2.45, 2.75) is 26.8 Å². The zero-order valence-corrected chi connectivity index (χ0v) is 12.1. The van der Waals surface area contributed by atoms with Crippen molar-refractivity contribution in [1.82, 2.24) is 5.32 Å². The topological polar surface area (TPSA) is 38.3 Å². The zero-order chi connectivity index (χ0) is 14.0. The van der Waals surface area contributed by atoms with Crippen molar-refractivity contribution in [2.24, 2.45) is 5.92 Å². The van der Waals surface area contributed by atoms with Crippen LogP contribution in [0.1, 0.15) is 26.3 Å². The second kappa shape index (κ2) is 5.66. The van der Waals surface area contributed by atoms with Crippen LogP contribution in [0.5, 0.6) is 5.75 Å². The number of hydrogen-bond acceptors (Lipinski definition) is 2. The minimum Gasteiger partial charge on any atom is -0.488 e. The predicted molar refractivity (Wildman–Crippen MR) is 77.4 cm³/mol. The highest BCUT2D eigenvalue weighted by Crippen LogP contribution is 2.29. The number of benzene rings is 1. The van der Waals surface area contributed by atoms with Crippen LogP contribution < -0.4 is 10.1 Å². The van der Waals surface area contributed by atoms with Crippen molar-refractivity contribution >= 4 is 23.6 Å². The SMILES string of the molecule is CC(C)C(C)NC(=O)C1=Cc2cc(Cl)ccc2OC1. The van der Waals surface area contributed by atoms with Crippen molar-refractivity contribution in [2.75, 3.05) is 6.61 Å². The van der Waals surface area contributed by atoms with E-state index < -0.39 is 0 Å². The summed E-state index contributed by atoms with van der Waals surface area (Å²) < 4.78 is 5.57. The summed E-state index contributed by atoms with van der Waals surface area (Å²) in [5.74, 6) is 1.08. The molecule has 1 unspecified atom stereocenters. The highest BCUT2D eigenvalue weighted by atomic mass is 35.5. The van der Waals surface area contributed by atoms with Gasteiger partial charge in [0.1, 0.15) is 12.4 Å². The van der Waals surface area contributed by atoms with E-state index >= 15 is 0 Å². The van der Waals surface area contributed by atoms with Crippen molar-refractivity contribution < 1.29 is 9.53 Å². The monoisotopic (exact) mass is 279 g/mol. The van der Waals surface area contributed by atoms with E-state index in [1.165, 1.54) is 0 Å². The molecule has 0 aliphatic carbocycles. The van der Waals surface area contributed by atoms with Crippen LogP contribution in [0.3, 0.4) is 0 Å². The fourth-order valence-electron chi connectivity index (χ4n) is 1.75. The molecule has 1 aromatic carbocycles. The molecule has 4 heteroatoms. The molecule has 0 fully saturated rings. The Morgan fingerprint density at radius 3 is 2.79 bits per heavy atom. The summed E-state index contributed by atoms with van der Waals surface area (Å²) >= 11 is 5.94. The molecule has 1 aliphatic rings. The highest BCUT2D eigenvalue weighted by molar-refractivity contribution is 6.30. The van der Waals surface area contributed by atoms with Gasteiger partial charge in [0.05, 0.1) is 5.57 Å². The average molecular weight is 280 g/mol. The minimum atomic E-state index is -0.0770. The maximum atomic E-state index is 12.1. The third-order valence-electron chi connectivity index (χ3n) is 3.34. The summed E-state index contributed by atoms with van der Waals surface area (Å²) in [7, 11) is 0. The number of carbonyl (C=O) groups is 1. The lowest BCUT2D eigenvalue weighted by atomic mass is 10.0. The van der Waals surface area contributed by atoms with Crippen LogP contribution >= 0.6 is 11.6 Å². The van der Waals surface area contributed by atoms with E-state index in [0.29, 0.717) is 23.1 Å². The van der Waals surface area contributed by atoms with E-state index in [4.69, 9.17) is 16.3 Å². The number of hydrogen-bond donors (Lipinski definition) is 1. The summed E-state index contributed by atoms with van der Waals surface area (Å²) in [5, 5.41) is 3.61. The smallest absolute Gasteiger partial charge is 0.250 e. The maximum absolute atomic E-state index is 12.1. The second-order valence-electron chi connectivity index (χ2n) is 5.15. The van der Waals surface area contributed by atoms with Gasteiger partial charge in [0, 0.05) is 16.6 Å². The first-order valence-corrected chi connectivity index (χ1v) is 6.79. The minimum absolute atomic E-state index is 0.0770. The molecule has 102 valence electrons. The lowest BCUT2D eigenvalue weighted by Gasteiger charge is -2.21. The Balaban J connectivity index is 2.16. The summed E-state index contributed by atoms with van der Waals surface area (Å²) in [4.78, 5) is 12.1. The van der Waals surface area contributed by atoms with E-state index in [0.717, 1.165) is 11.3 Å². The molecule has 0 spiro atoms. The number of ether oxygens (including phenoxy) is 1. The van der Waals surface area contributed by atoms with Crippen LogP contribution in [0.15, 0.2) is 23.8 Å². The van der Waals surface area contributed by atoms with E-state index in [1.807, 2.05) is 19.1 Å². The maximum Gasteiger partial charge on any atom is 0.250 e. The number of rotatable bonds is 3. The Hall–Kier alpha value is -1.48. The molecule has 19 heavy (non-hydrogen) atoms. The summed E-state index contributed by atoms with van der Waals surface area (Å²) in [6.45, 7) is 6.44. The van der Waals surface area contributed by atoms with Crippen LogP contribution in [-0.4, -0.2) is 18.6 Å². The van der Waals surface area contributed by atoms with Crippen LogP contribution in [0.25, 0.3) is 6.08 Å². The first-order valence-electron chi connectivity index (χ1n) is 6.41. The molecule has 1 heterocycles. The van der Waals surface area contributed by atoms with Gasteiger partial charge in [0.15, 0.2) is 0 Å². The summed E-state index contributed by atoms with van der Waals surface area (Å²) in [6, 6.07) is 5.53. The Bertz CT molecular complexity index is 523. The number of fused-ring (bicyclic) bond motifs is 1. The van der Waals surface area contributed by atoms with Gasteiger partial charge in [-0.1, -0.05) is 25.4 Å². The van der Waals surface area contributed by atoms with Crippen molar-refractivity contribution in [3.05, 3.63) is 34.4 Å². The average Bonchev–Trinajstić information content (AvgIpc) is 2.37.